The Labute approximate surface area is 241 Å². The van der Waals surface area contributed by atoms with Gasteiger partial charge in [-0.25, -0.2) is 4.79 Å². The maximum Gasteiger partial charge on any atom is 0.417 e. The standard InChI is InChI=1S/C31H47F6NO3/c1-4-5-6-7-8-9-10-11-12-13-14-15-16-17-18-21-41-29(40)27(23(2)3)38-28(39)25-22-24(30(32,33)34)19-20-26(25)31(35,36)37/h19-20,22-23,27H,4-18,21H2,1-3H3,(H,38,39). The molecule has 1 aromatic carbocycles. The Hall–Kier alpha value is -2.26. The Kier molecular flexibility index (Phi) is 17.1. The predicted octanol–water partition coefficient (Wildman–Crippen LogP) is 9.89. The molecule has 0 aromatic heterocycles. The van der Waals surface area contributed by atoms with Gasteiger partial charge in [-0.2, -0.15) is 26.3 Å². The van der Waals surface area contributed by atoms with Crippen LogP contribution in [-0.4, -0.2) is 24.5 Å². The van der Waals surface area contributed by atoms with Gasteiger partial charge in [-0.3, -0.25) is 4.79 Å². The zero-order valence-electron chi connectivity index (χ0n) is 24.7. The highest BCUT2D eigenvalue weighted by molar-refractivity contribution is 5.98. The largest absolute Gasteiger partial charge is 0.464 e. The fourth-order valence-corrected chi connectivity index (χ4v) is 4.61. The minimum absolute atomic E-state index is 0.0908. The molecule has 0 bridgehead atoms. The molecule has 1 atom stereocenters. The molecule has 0 aliphatic carbocycles. The molecular formula is C31H47F6NO3. The normalized spacial score (nSPS) is 12.9. The van der Waals surface area contributed by atoms with Gasteiger partial charge in [0.05, 0.1) is 23.3 Å². The number of ether oxygens (including phenoxy) is 1. The van der Waals surface area contributed by atoms with E-state index >= 15 is 0 Å². The van der Waals surface area contributed by atoms with E-state index in [-0.39, 0.29) is 24.8 Å². The summed E-state index contributed by atoms with van der Waals surface area (Å²) in [7, 11) is 0. The Bertz CT molecular complexity index is 899. The van der Waals surface area contributed by atoms with Crippen LogP contribution >= 0.6 is 0 Å². The van der Waals surface area contributed by atoms with E-state index in [2.05, 4.69) is 12.2 Å². The molecule has 10 heteroatoms. The van der Waals surface area contributed by atoms with Crippen LogP contribution in [0.2, 0.25) is 0 Å². The molecule has 1 unspecified atom stereocenters. The summed E-state index contributed by atoms with van der Waals surface area (Å²) in [5.74, 6) is -2.82. The van der Waals surface area contributed by atoms with Gasteiger partial charge >= 0.3 is 18.3 Å². The maximum absolute atomic E-state index is 13.4. The fraction of sp³-hybridized carbons (Fsp3) is 0.742. The number of halogens is 6. The van der Waals surface area contributed by atoms with Crippen LogP contribution < -0.4 is 5.32 Å². The molecule has 1 N–H and O–H groups in total. The van der Waals surface area contributed by atoms with E-state index < -0.39 is 52.9 Å². The van der Waals surface area contributed by atoms with Gasteiger partial charge in [0.25, 0.3) is 5.91 Å². The minimum Gasteiger partial charge on any atom is -0.464 e. The fourth-order valence-electron chi connectivity index (χ4n) is 4.61. The Balaban J connectivity index is 2.40. The van der Waals surface area contributed by atoms with E-state index in [1.54, 1.807) is 13.8 Å². The summed E-state index contributed by atoms with van der Waals surface area (Å²) in [6, 6.07) is -0.673. The van der Waals surface area contributed by atoms with Crippen LogP contribution in [0.4, 0.5) is 26.3 Å². The quantitative estimate of drug-likeness (QED) is 0.0927. The SMILES string of the molecule is CCCCCCCCCCCCCCCCCOC(=O)C(NC(=O)c1cc(C(F)(F)F)ccc1C(F)(F)F)C(C)C. The first-order valence-electron chi connectivity index (χ1n) is 15.0. The van der Waals surface area contributed by atoms with E-state index in [9.17, 15) is 35.9 Å². The highest BCUT2D eigenvalue weighted by Gasteiger charge is 2.39. The van der Waals surface area contributed by atoms with Crippen molar-refractivity contribution in [1.29, 1.82) is 0 Å². The number of esters is 1. The Morgan fingerprint density at radius 1 is 0.732 bits per heavy atom. The molecule has 0 aliphatic rings. The molecule has 41 heavy (non-hydrogen) atoms. The lowest BCUT2D eigenvalue weighted by Gasteiger charge is -2.22. The van der Waals surface area contributed by atoms with Crippen molar-refractivity contribution in [2.24, 2.45) is 5.92 Å². The topological polar surface area (TPSA) is 55.4 Å². The van der Waals surface area contributed by atoms with Crippen LogP contribution in [-0.2, 0) is 21.9 Å². The zero-order chi connectivity index (χ0) is 30.9. The first kappa shape index (κ1) is 36.8. The van der Waals surface area contributed by atoms with Crippen LogP contribution in [0.3, 0.4) is 0 Å². The number of carbonyl (C=O) groups is 2. The number of carbonyl (C=O) groups excluding carboxylic acids is 2. The van der Waals surface area contributed by atoms with Crippen LogP contribution in [0.15, 0.2) is 18.2 Å². The highest BCUT2D eigenvalue weighted by atomic mass is 19.4. The van der Waals surface area contributed by atoms with Crippen molar-refractivity contribution in [3.63, 3.8) is 0 Å². The van der Waals surface area contributed by atoms with Crippen molar-refractivity contribution in [1.82, 2.24) is 5.32 Å². The molecular weight excluding hydrogens is 548 g/mol. The van der Waals surface area contributed by atoms with Crippen molar-refractivity contribution in [2.75, 3.05) is 6.61 Å². The number of nitrogens with one attached hydrogen (secondary N) is 1. The number of alkyl halides is 6. The predicted molar refractivity (Wildman–Crippen MR) is 148 cm³/mol. The summed E-state index contributed by atoms with van der Waals surface area (Å²) in [6.45, 7) is 5.42. The number of benzene rings is 1. The molecule has 0 spiro atoms. The summed E-state index contributed by atoms with van der Waals surface area (Å²) in [5, 5.41) is 2.15. The molecule has 0 fully saturated rings. The molecule has 0 saturated heterocycles. The lowest BCUT2D eigenvalue weighted by Crippen LogP contribution is -2.45. The number of hydrogen-bond acceptors (Lipinski definition) is 3. The van der Waals surface area contributed by atoms with Gasteiger partial charge in [0, 0.05) is 0 Å². The van der Waals surface area contributed by atoms with Crippen LogP contribution in [0.5, 0.6) is 0 Å². The van der Waals surface area contributed by atoms with E-state index in [1.807, 2.05) is 0 Å². The van der Waals surface area contributed by atoms with Crippen molar-refractivity contribution in [2.45, 2.75) is 135 Å². The second-order valence-corrected chi connectivity index (χ2v) is 11.1. The van der Waals surface area contributed by atoms with E-state index in [0.29, 0.717) is 6.42 Å². The van der Waals surface area contributed by atoms with Crippen molar-refractivity contribution >= 4 is 11.9 Å². The minimum atomic E-state index is -5.06. The smallest absolute Gasteiger partial charge is 0.417 e. The van der Waals surface area contributed by atoms with Crippen LogP contribution in [0.25, 0.3) is 0 Å². The van der Waals surface area contributed by atoms with E-state index in [1.165, 1.54) is 64.2 Å². The molecule has 0 radical (unpaired) electrons. The van der Waals surface area contributed by atoms with Crippen molar-refractivity contribution in [3.8, 4) is 0 Å². The molecule has 0 aliphatic heterocycles. The molecule has 1 rings (SSSR count). The first-order valence-corrected chi connectivity index (χ1v) is 15.0. The van der Waals surface area contributed by atoms with E-state index in [0.717, 1.165) is 25.7 Å². The number of amides is 1. The maximum atomic E-state index is 13.4. The molecule has 236 valence electrons. The summed E-state index contributed by atoms with van der Waals surface area (Å²) in [5.41, 5.74) is -4.11. The Morgan fingerprint density at radius 2 is 1.20 bits per heavy atom. The zero-order valence-corrected chi connectivity index (χ0v) is 24.7. The third kappa shape index (κ3) is 15.0. The molecule has 0 saturated carbocycles. The van der Waals surface area contributed by atoms with Gasteiger partial charge in [0.15, 0.2) is 0 Å². The third-order valence-electron chi connectivity index (χ3n) is 7.10. The summed E-state index contributed by atoms with van der Waals surface area (Å²) >= 11 is 0. The highest BCUT2D eigenvalue weighted by Crippen LogP contribution is 2.36. The lowest BCUT2D eigenvalue weighted by atomic mass is 10.00. The van der Waals surface area contributed by atoms with Gasteiger partial charge in [0.2, 0.25) is 0 Å². The molecule has 4 nitrogen and oxygen atoms in total. The van der Waals surface area contributed by atoms with Crippen LogP contribution in [0, 0.1) is 5.92 Å². The van der Waals surface area contributed by atoms with Crippen molar-refractivity contribution < 1.29 is 40.7 Å². The molecule has 0 heterocycles. The summed E-state index contributed by atoms with van der Waals surface area (Å²) in [4.78, 5) is 25.2. The van der Waals surface area contributed by atoms with Gasteiger partial charge in [0.1, 0.15) is 6.04 Å². The lowest BCUT2D eigenvalue weighted by molar-refractivity contribution is -0.147. The van der Waals surface area contributed by atoms with Gasteiger partial charge in [-0.15, -0.1) is 0 Å². The van der Waals surface area contributed by atoms with Crippen molar-refractivity contribution in [3.05, 3.63) is 34.9 Å². The summed E-state index contributed by atoms with van der Waals surface area (Å²) in [6.07, 6.45) is 7.71. The van der Waals surface area contributed by atoms with E-state index in [4.69, 9.17) is 4.74 Å². The number of hydrogen-bond donors (Lipinski definition) is 1. The number of unbranched alkanes of at least 4 members (excludes halogenated alkanes) is 14. The average Bonchev–Trinajstić information content (AvgIpc) is 2.89. The second kappa shape index (κ2) is 19.0. The second-order valence-electron chi connectivity index (χ2n) is 11.1. The summed E-state index contributed by atoms with van der Waals surface area (Å²) < 4.78 is 84.6. The third-order valence-corrected chi connectivity index (χ3v) is 7.10. The molecule has 1 amide bonds. The van der Waals surface area contributed by atoms with Gasteiger partial charge in [-0.05, 0) is 30.5 Å². The van der Waals surface area contributed by atoms with Crippen LogP contribution in [0.1, 0.15) is 139 Å². The molecule has 1 aromatic rings. The Morgan fingerprint density at radius 3 is 1.61 bits per heavy atom. The monoisotopic (exact) mass is 595 g/mol. The average molecular weight is 596 g/mol. The number of rotatable bonds is 20. The van der Waals surface area contributed by atoms with Gasteiger partial charge < -0.3 is 10.1 Å². The van der Waals surface area contributed by atoms with Gasteiger partial charge in [-0.1, -0.05) is 111 Å². The first-order chi connectivity index (χ1) is 19.3.